The second-order valence-corrected chi connectivity index (χ2v) is 8.63. The quantitative estimate of drug-likeness (QED) is 0.326. The van der Waals surface area contributed by atoms with Crippen molar-refractivity contribution in [2.24, 2.45) is 11.8 Å². The molecule has 9 nitrogen and oxygen atoms in total. The number of likely N-dealkylation sites (tertiary alicyclic amines) is 1. The van der Waals surface area contributed by atoms with Gasteiger partial charge in [-0.15, -0.1) is 0 Å². The molecule has 2 aliphatic rings. The summed E-state index contributed by atoms with van der Waals surface area (Å²) in [6, 6.07) is 12.8. The van der Waals surface area contributed by atoms with E-state index in [0.717, 1.165) is 10.5 Å². The first-order valence-electron chi connectivity index (χ1n) is 11.7. The number of rotatable bonds is 9. The lowest BCUT2D eigenvalue weighted by Gasteiger charge is -2.25. The maximum absolute atomic E-state index is 13.2. The van der Waals surface area contributed by atoms with Gasteiger partial charge in [-0.05, 0) is 30.5 Å². The second kappa shape index (κ2) is 11.1. The van der Waals surface area contributed by atoms with Crippen LogP contribution in [0.15, 0.2) is 60.7 Å². The van der Waals surface area contributed by atoms with Gasteiger partial charge < -0.3 is 19.5 Å². The van der Waals surface area contributed by atoms with Gasteiger partial charge in [0.05, 0.1) is 31.7 Å². The van der Waals surface area contributed by atoms with Gasteiger partial charge in [0.2, 0.25) is 11.8 Å². The second-order valence-electron chi connectivity index (χ2n) is 8.63. The largest absolute Gasteiger partial charge is 0.497 e. The highest BCUT2D eigenvalue weighted by Crippen LogP contribution is 2.37. The third kappa shape index (κ3) is 5.25. The van der Waals surface area contributed by atoms with E-state index < -0.39 is 36.4 Å². The Morgan fingerprint density at radius 3 is 2.25 bits per heavy atom. The SMILES string of the molecule is COc1ccc(NC(=O)COC(=O)[C@@H](Cc2ccccc2)N2C(=O)[C@H]3CC=CC[C@H]3C2=O)c(OC)c1. The smallest absolute Gasteiger partial charge is 0.330 e. The first-order valence-corrected chi connectivity index (χ1v) is 11.7. The van der Waals surface area contributed by atoms with Gasteiger partial charge in [0, 0.05) is 12.5 Å². The zero-order chi connectivity index (χ0) is 25.7. The number of carbonyl (C=O) groups excluding carboxylic acids is 4. The maximum Gasteiger partial charge on any atom is 0.330 e. The molecule has 0 spiro atoms. The van der Waals surface area contributed by atoms with Gasteiger partial charge in [-0.1, -0.05) is 42.5 Å². The molecule has 1 aliphatic heterocycles. The molecule has 0 bridgehead atoms. The highest BCUT2D eigenvalue weighted by Gasteiger charge is 2.51. The molecule has 3 amide bonds. The Morgan fingerprint density at radius 1 is 0.972 bits per heavy atom. The molecule has 1 heterocycles. The number of hydrogen-bond acceptors (Lipinski definition) is 7. The van der Waals surface area contributed by atoms with E-state index in [0.29, 0.717) is 30.0 Å². The first kappa shape index (κ1) is 25.0. The van der Waals surface area contributed by atoms with Crippen molar-refractivity contribution in [1.82, 2.24) is 4.90 Å². The van der Waals surface area contributed by atoms with Crippen molar-refractivity contribution < 1.29 is 33.4 Å². The predicted molar refractivity (Wildman–Crippen MR) is 130 cm³/mol. The number of imide groups is 1. The lowest BCUT2D eigenvalue weighted by Crippen LogP contribution is -2.48. The van der Waals surface area contributed by atoms with Crippen LogP contribution >= 0.6 is 0 Å². The minimum atomic E-state index is -1.17. The average Bonchev–Trinajstić information content (AvgIpc) is 3.16. The van der Waals surface area contributed by atoms with Gasteiger partial charge in [0.1, 0.15) is 17.5 Å². The molecular formula is C27H28N2O7. The fourth-order valence-electron chi connectivity index (χ4n) is 4.57. The standard InChI is InChI=1S/C27H28N2O7/c1-34-18-12-13-21(23(15-18)35-2)28-24(30)16-36-27(33)22(14-17-8-4-3-5-9-17)29-25(31)19-10-6-7-11-20(19)26(29)32/h3-9,12-13,15,19-20,22H,10-11,14,16H2,1-2H3,(H,28,30)/t19-,20+,22-/m1/s1. The van der Waals surface area contributed by atoms with Crippen molar-refractivity contribution in [3.63, 3.8) is 0 Å². The summed E-state index contributed by atoms with van der Waals surface area (Å²) in [6.07, 6.45) is 4.80. The van der Waals surface area contributed by atoms with E-state index in [1.807, 2.05) is 42.5 Å². The molecule has 188 valence electrons. The fraction of sp³-hybridized carbons (Fsp3) is 0.333. The predicted octanol–water partition coefficient (Wildman–Crippen LogP) is 2.75. The molecule has 0 unspecified atom stereocenters. The molecule has 0 aromatic heterocycles. The Balaban J connectivity index is 1.48. The number of allylic oxidation sites excluding steroid dienone is 2. The normalized spacial score (nSPS) is 19.4. The number of methoxy groups -OCH3 is 2. The van der Waals surface area contributed by atoms with E-state index in [9.17, 15) is 19.2 Å². The molecule has 1 aliphatic carbocycles. The molecule has 36 heavy (non-hydrogen) atoms. The van der Waals surface area contributed by atoms with Crippen LogP contribution < -0.4 is 14.8 Å². The van der Waals surface area contributed by atoms with Gasteiger partial charge in [-0.3, -0.25) is 19.3 Å². The van der Waals surface area contributed by atoms with Gasteiger partial charge >= 0.3 is 5.97 Å². The molecule has 1 N–H and O–H groups in total. The molecule has 2 aromatic rings. The van der Waals surface area contributed by atoms with Gasteiger partial charge in [0.15, 0.2) is 6.61 Å². The van der Waals surface area contributed by atoms with Gasteiger partial charge in [-0.25, -0.2) is 4.79 Å². The van der Waals surface area contributed by atoms with E-state index in [1.54, 1.807) is 18.2 Å². The van der Waals surface area contributed by atoms with Gasteiger partial charge in [0.25, 0.3) is 5.91 Å². The molecule has 1 saturated heterocycles. The van der Waals surface area contributed by atoms with E-state index >= 15 is 0 Å². The summed E-state index contributed by atoms with van der Waals surface area (Å²) in [5.41, 5.74) is 1.14. The number of esters is 1. The summed E-state index contributed by atoms with van der Waals surface area (Å²) < 4.78 is 15.7. The molecule has 2 aromatic carbocycles. The molecule has 3 atom stereocenters. The summed E-state index contributed by atoms with van der Waals surface area (Å²) in [5, 5.41) is 2.63. The van der Waals surface area contributed by atoms with Crippen LogP contribution in [-0.2, 0) is 30.3 Å². The van der Waals surface area contributed by atoms with Crippen molar-refractivity contribution in [3.8, 4) is 11.5 Å². The van der Waals surface area contributed by atoms with Crippen LogP contribution in [0.1, 0.15) is 18.4 Å². The molecular weight excluding hydrogens is 464 g/mol. The summed E-state index contributed by atoms with van der Waals surface area (Å²) in [5.74, 6) is -2.18. The summed E-state index contributed by atoms with van der Waals surface area (Å²) in [6.45, 7) is -0.593. The number of ether oxygens (including phenoxy) is 3. The lowest BCUT2D eigenvalue weighted by atomic mass is 9.85. The van der Waals surface area contributed by atoms with Crippen molar-refractivity contribution in [1.29, 1.82) is 0 Å². The number of nitrogens with one attached hydrogen (secondary N) is 1. The van der Waals surface area contributed by atoms with E-state index in [1.165, 1.54) is 14.2 Å². The number of benzene rings is 2. The number of anilines is 1. The molecule has 0 radical (unpaired) electrons. The van der Waals surface area contributed by atoms with Crippen molar-refractivity contribution in [2.75, 3.05) is 26.1 Å². The number of hydrogen-bond donors (Lipinski definition) is 1. The Morgan fingerprint density at radius 2 is 1.64 bits per heavy atom. The van der Waals surface area contributed by atoms with Crippen molar-refractivity contribution >= 4 is 29.4 Å². The Kier molecular flexibility index (Phi) is 7.68. The number of amides is 3. The number of carbonyl (C=O) groups is 4. The minimum Gasteiger partial charge on any atom is -0.497 e. The monoisotopic (exact) mass is 492 g/mol. The van der Waals surface area contributed by atoms with Crippen LogP contribution in [0, 0.1) is 11.8 Å². The molecule has 1 fully saturated rings. The van der Waals surface area contributed by atoms with Crippen LogP contribution in [-0.4, -0.2) is 55.5 Å². The fourth-order valence-corrected chi connectivity index (χ4v) is 4.57. The van der Waals surface area contributed by atoms with Crippen LogP contribution in [0.4, 0.5) is 5.69 Å². The highest BCUT2D eigenvalue weighted by molar-refractivity contribution is 6.08. The Bertz CT molecular complexity index is 1150. The maximum atomic E-state index is 13.2. The van der Waals surface area contributed by atoms with Crippen LogP contribution in [0.25, 0.3) is 0 Å². The van der Waals surface area contributed by atoms with Gasteiger partial charge in [-0.2, -0.15) is 0 Å². The van der Waals surface area contributed by atoms with E-state index in [-0.39, 0.29) is 18.2 Å². The zero-order valence-electron chi connectivity index (χ0n) is 20.1. The molecule has 4 rings (SSSR count). The van der Waals surface area contributed by atoms with E-state index in [4.69, 9.17) is 14.2 Å². The van der Waals surface area contributed by atoms with Crippen molar-refractivity contribution in [3.05, 3.63) is 66.2 Å². The highest BCUT2D eigenvalue weighted by atomic mass is 16.5. The zero-order valence-corrected chi connectivity index (χ0v) is 20.1. The summed E-state index contributed by atoms with van der Waals surface area (Å²) in [4.78, 5) is 53.1. The molecule has 0 saturated carbocycles. The van der Waals surface area contributed by atoms with E-state index in [2.05, 4.69) is 5.32 Å². The van der Waals surface area contributed by atoms with Crippen LogP contribution in [0.5, 0.6) is 11.5 Å². The number of fused-ring (bicyclic) bond motifs is 1. The summed E-state index contributed by atoms with van der Waals surface area (Å²) in [7, 11) is 2.97. The average molecular weight is 493 g/mol. The lowest BCUT2D eigenvalue weighted by molar-refractivity contribution is -0.160. The summed E-state index contributed by atoms with van der Waals surface area (Å²) >= 11 is 0. The Hall–Kier alpha value is -4.14. The topological polar surface area (TPSA) is 111 Å². The third-order valence-electron chi connectivity index (χ3n) is 6.43. The number of nitrogens with zero attached hydrogens (tertiary/aromatic N) is 1. The van der Waals surface area contributed by atoms with Crippen LogP contribution in [0.2, 0.25) is 0 Å². The van der Waals surface area contributed by atoms with Crippen LogP contribution in [0.3, 0.4) is 0 Å². The first-order chi connectivity index (χ1) is 17.4. The molecule has 9 heteroatoms. The minimum absolute atomic E-state index is 0.0952. The third-order valence-corrected chi connectivity index (χ3v) is 6.43. The van der Waals surface area contributed by atoms with Crippen molar-refractivity contribution in [2.45, 2.75) is 25.3 Å². The Labute approximate surface area is 209 Å².